The molecule has 0 aliphatic carbocycles. The molecule has 0 radical (unpaired) electrons. The highest BCUT2D eigenvalue weighted by Gasteiger charge is 2.43. The smallest absolute Gasteiger partial charge is 0.194 e. The van der Waals surface area contributed by atoms with Gasteiger partial charge in [-0.1, -0.05) is 61.1 Å². The minimum Gasteiger partial charge on any atom is -0.289 e. The van der Waals surface area contributed by atoms with Gasteiger partial charge in [0.1, 0.15) is 8.07 Å². The van der Waals surface area contributed by atoms with Crippen molar-refractivity contribution in [2.75, 3.05) is 0 Å². The first-order valence-electron chi connectivity index (χ1n) is 7.37. The van der Waals surface area contributed by atoms with E-state index < -0.39 is 8.07 Å². The van der Waals surface area contributed by atoms with Crippen LogP contribution in [0.25, 0.3) is 0 Å². The summed E-state index contributed by atoms with van der Waals surface area (Å²) in [5.41, 5.74) is 1.60. The van der Waals surface area contributed by atoms with Crippen LogP contribution in [0.1, 0.15) is 15.9 Å². The van der Waals surface area contributed by atoms with E-state index in [0.717, 1.165) is 16.3 Å². The largest absolute Gasteiger partial charge is 0.289 e. The topological polar surface area (TPSA) is 30.0 Å². The summed E-state index contributed by atoms with van der Waals surface area (Å²) in [5.74, 6) is 0.0969. The molecule has 1 atom stereocenters. The summed E-state index contributed by atoms with van der Waals surface area (Å²) in [5, 5.41) is 3.68. The van der Waals surface area contributed by atoms with Gasteiger partial charge in [-0.15, -0.1) is 0 Å². The fraction of sp³-hybridized carbons (Fsp3) is 0.0526. The van der Waals surface area contributed by atoms with E-state index in [1.165, 1.54) is 10.4 Å². The number of benzene rings is 2. The van der Waals surface area contributed by atoms with Crippen molar-refractivity contribution in [2.45, 2.75) is 6.55 Å². The van der Waals surface area contributed by atoms with Crippen LogP contribution in [0.2, 0.25) is 6.55 Å². The van der Waals surface area contributed by atoms with Gasteiger partial charge in [0.05, 0.1) is 0 Å². The SMILES string of the molecule is C[Si]1(c2ccccc2)c2ccccc2C(=O)c2cnccc21. The summed E-state index contributed by atoms with van der Waals surface area (Å²) in [6, 6.07) is 20.6. The molecule has 4 rings (SSSR count). The average Bonchev–Trinajstić information content (AvgIpc) is 2.60. The molecule has 2 nitrogen and oxygen atoms in total. The first-order valence-corrected chi connectivity index (χ1v) is 9.87. The van der Waals surface area contributed by atoms with E-state index >= 15 is 0 Å². The Balaban J connectivity index is 2.12. The number of hydrogen-bond acceptors (Lipinski definition) is 2. The molecule has 22 heavy (non-hydrogen) atoms. The molecular formula is C19H15NOSi. The minimum absolute atomic E-state index is 0.0969. The van der Waals surface area contributed by atoms with Crippen LogP contribution in [-0.2, 0) is 0 Å². The Hall–Kier alpha value is -2.52. The molecule has 2 heterocycles. The Kier molecular flexibility index (Phi) is 2.84. The summed E-state index contributed by atoms with van der Waals surface area (Å²) in [6.07, 6.45) is 3.52. The molecule has 1 unspecified atom stereocenters. The molecule has 1 aliphatic heterocycles. The minimum atomic E-state index is -2.16. The summed E-state index contributed by atoms with van der Waals surface area (Å²) in [6.45, 7) is 2.33. The van der Waals surface area contributed by atoms with Crippen molar-refractivity contribution in [3.63, 3.8) is 0 Å². The quantitative estimate of drug-likeness (QED) is 0.641. The molecule has 0 bridgehead atoms. The average molecular weight is 301 g/mol. The highest BCUT2D eigenvalue weighted by molar-refractivity contribution is 7.12. The third-order valence-corrected chi connectivity index (χ3v) is 9.18. The molecule has 3 aromatic rings. The number of hydrogen-bond donors (Lipinski definition) is 0. The number of carbonyl (C=O) groups excluding carboxylic acids is 1. The van der Waals surface area contributed by atoms with Crippen LogP contribution in [0, 0.1) is 0 Å². The van der Waals surface area contributed by atoms with Crippen molar-refractivity contribution < 1.29 is 4.79 Å². The van der Waals surface area contributed by atoms with E-state index in [0.29, 0.717) is 0 Å². The van der Waals surface area contributed by atoms with Crippen LogP contribution in [0.15, 0.2) is 73.1 Å². The molecule has 2 aromatic carbocycles. The van der Waals surface area contributed by atoms with Gasteiger partial charge < -0.3 is 0 Å². The molecule has 0 saturated carbocycles. The van der Waals surface area contributed by atoms with E-state index in [-0.39, 0.29) is 5.78 Å². The van der Waals surface area contributed by atoms with E-state index in [9.17, 15) is 4.79 Å². The van der Waals surface area contributed by atoms with Crippen molar-refractivity contribution in [1.29, 1.82) is 0 Å². The Morgan fingerprint density at radius 3 is 2.32 bits per heavy atom. The molecule has 106 valence electrons. The van der Waals surface area contributed by atoms with Crippen LogP contribution in [0.4, 0.5) is 0 Å². The van der Waals surface area contributed by atoms with Crippen LogP contribution >= 0.6 is 0 Å². The molecular weight excluding hydrogens is 286 g/mol. The second-order valence-corrected chi connectivity index (χ2v) is 9.69. The number of fused-ring (bicyclic) bond motifs is 2. The van der Waals surface area contributed by atoms with E-state index in [2.05, 4.69) is 41.9 Å². The van der Waals surface area contributed by atoms with Crippen LogP contribution in [0.5, 0.6) is 0 Å². The number of ketones is 1. The first kappa shape index (κ1) is 13.2. The van der Waals surface area contributed by atoms with Crippen molar-refractivity contribution in [2.24, 2.45) is 0 Å². The molecule has 0 N–H and O–H groups in total. The highest BCUT2D eigenvalue weighted by atomic mass is 28.3. The van der Waals surface area contributed by atoms with E-state index in [1.54, 1.807) is 12.4 Å². The third-order valence-electron chi connectivity index (χ3n) is 4.67. The molecule has 3 heteroatoms. The lowest BCUT2D eigenvalue weighted by molar-refractivity contribution is 0.103. The summed E-state index contributed by atoms with van der Waals surface area (Å²) in [4.78, 5) is 17.0. The fourth-order valence-electron chi connectivity index (χ4n) is 3.50. The second-order valence-electron chi connectivity index (χ2n) is 5.79. The normalized spacial score (nSPS) is 19.4. The van der Waals surface area contributed by atoms with Crippen LogP contribution in [0.3, 0.4) is 0 Å². The standard InChI is InChI=1S/C19H15NOSi/c1-22(14-7-3-2-4-8-14)17-10-6-5-9-15(17)19(21)16-13-20-12-11-18(16)22/h2-13H,1H3. The van der Waals surface area contributed by atoms with Crippen molar-refractivity contribution in [1.82, 2.24) is 4.98 Å². The van der Waals surface area contributed by atoms with Crippen molar-refractivity contribution >= 4 is 29.4 Å². The van der Waals surface area contributed by atoms with E-state index in [1.807, 2.05) is 30.3 Å². The zero-order chi connectivity index (χ0) is 15.2. The maximum Gasteiger partial charge on any atom is 0.194 e. The van der Waals surface area contributed by atoms with Gasteiger partial charge in [0.2, 0.25) is 0 Å². The second kappa shape index (κ2) is 4.75. The zero-order valence-electron chi connectivity index (χ0n) is 12.3. The maximum atomic E-state index is 12.8. The lowest BCUT2D eigenvalue weighted by atomic mass is 10.0. The fourth-order valence-corrected chi connectivity index (χ4v) is 7.56. The van der Waals surface area contributed by atoms with Crippen molar-refractivity contribution in [3.8, 4) is 0 Å². The number of pyridine rings is 1. The number of nitrogens with zero attached hydrogens (tertiary/aromatic N) is 1. The van der Waals surface area contributed by atoms with Gasteiger partial charge in [-0.25, -0.2) is 0 Å². The van der Waals surface area contributed by atoms with Gasteiger partial charge in [0.15, 0.2) is 5.78 Å². The third kappa shape index (κ3) is 1.66. The lowest BCUT2D eigenvalue weighted by Gasteiger charge is -2.35. The van der Waals surface area contributed by atoms with Crippen molar-refractivity contribution in [3.05, 3.63) is 84.2 Å². The number of aromatic nitrogens is 1. The van der Waals surface area contributed by atoms with Crippen LogP contribution < -0.4 is 15.6 Å². The summed E-state index contributed by atoms with van der Waals surface area (Å²) < 4.78 is 0. The molecule has 0 saturated heterocycles. The molecule has 0 amide bonds. The van der Waals surface area contributed by atoms with Gasteiger partial charge >= 0.3 is 0 Å². The molecule has 0 fully saturated rings. The predicted octanol–water partition coefficient (Wildman–Crippen LogP) is 1.73. The monoisotopic (exact) mass is 301 g/mol. The molecule has 1 aliphatic rings. The lowest BCUT2D eigenvalue weighted by Crippen LogP contribution is -2.69. The Morgan fingerprint density at radius 2 is 1.50 bits per heavy atom. The summed E-state index contributed by atoms with van der Waals surface area (Å²) >= 11 is 0. The number of carbonyl (C=O) groups is 1. The van der Waals surface area contributed by atoms with Gasteiger partial charge in [-0.05, 0) is 21.6 Å². The van der Waals surface area contributed by atoms with Gasteiger partial charge in [-0.3, -0.25) is 9.78 Å². The molecule has 1 aromatic heterocycles. The Labute approximate surface area is 130 Å². The number of rotatable bonds is 1. The van der Waals surface area contributed by atoms with E-state index in [4.69, 9.17) is 0 Å². The predicted molar refractivity (Wildman–Crippen MR) is 91.1 cm³/mol. The molecule has 0 spiro atoms. The zero-order valence-corrected chi connectivity index (χ0v) is 13.3. The van der Waals surface area contributed by atoms with Gasteiger partial charge in [0.25, 0.3) is 0 Å². The van der Waals surface area contributed by atoms with Crippen LogP contribution in [-0.4, -0.2) is 18.8 Å². The Morgan fingerprint density at radius 1 is 0.818 bits per heavy atom. The van der Waals surface area contributed by atoms with Gasteiger partial charge in [-0.2, -0.15) is 0 Å². The Bertz CT molecular complexity index is 824. The maximum absolute atomic E-state index is 12.8. The first-order chi connectivity index (χ1) is 10.7. The summed E-state index contributed by atoms with van der Waals surface area (Å²) in [7, 11) is -2.16. The van der Waals surface area contributed by atoms with Gasteiger partial charge in [0, 0.05) is 23.5 Å². The highest BCUT2D eigenvalue weighted by Crippen LogP contribution is 2.19.